The monoisotopic (exact) mass is 362 g/mol. The number of nitrogens with one attached hydrogen (secondary N) is 2. The van der Waals surface area contributed by atoms with Crippen LogP contribution < -0.4 is 10.6 Å². The van der Waals surface area contributed by atoms with Gasteiger partial charge in [-0.2, -0.15) is 0 Å². The zero-order valence-electron chi connectivity index (χ0n) is 13.6. The van der Waals surface area contributed by atoms with E-state index in [1.807, 2.05) is 32.0 Å². The van der Waals surface area contributed by atoms with Gasteiger partial charge >= 0.3 is 0 Å². The Balaban J connectivity index is 1.77. The van der Waals surface area contributed by atoms with Crippen molar-refractivity contribution in [3.8, 4) is 0 Å². The van der Waals surface area contributed by atoms with Crippen molar-refractivity contribution in [3.05, 3.63) is 58.6 Å². The maximum atomic E-state index is 12.0. The van der Waals surface area contributed by atoms with Gasteiger partial charge in [-0.15, -0.1) is 11.8 Å². The van der Waals surface area contributed by atoms with Crippen LogP contribution in [-0.2, 0) is 9.59 Å². The minimum absolute atomic E-state index is 0.126. The van der Waals surface area contributed by atoms with E-state index in [0.29, 0.717) is 10.7 Å². The average Bonchev–Trinajstić information content (AvgIpc) is 2.53. The van der Waals surface area contributed by atoms with Gasteiger partial charge in [-0.1, -0.05) is 35.9 Å². The Morgan fingerprint density at radius 2 is 1.58 bits per heavy atom. The lowest BCUT2D eigenvalue weighted by Crippen LogP contribution is -2.19. The highest BCUT2D eigenvalue weighted by molar-refractivity contribution is 8.00. The maximum absolute atomic E-state index is 12.0. The molecule has 4 nitrogen and oxygen atoms in total. The van der Waals surface area contributed by atoms with Gasteiger partial charge in [0.1, 0.15) is 0 Å². The number of anilines is 2. The Morgan fingerprint density at radius 3 is 2.25 bits per heavy atom. The Kier molecular flexibility index (Phi) is 6.70. The average molecular weight is 363 g/mol. The van der Waals surface area contributed by atoms with Crippen LogP contribution in [-0.4, -0.2) is 23.3 Å². The summed E-state index contributed by atoms with van der Waals surface area (Å²) in [5.74, 6) is 0.0845. The van der Waals surface area contributed by atoms with Crippen molar-refractivity contribution in [1.29, 1.82) is 0 Å². The molecule has 2 aromatic carbocycles. The van der Waals surface area contributed by atoms with E-state index in [2.05, 4.69) is 10.6 Å². The minimum atomic E-state index is -0.187. The number of amides is 2. The van der Waals surface area contributed by atoms with E-state index in [1.165, 1.54) is 11.8 Å². The lowest BCUT2D eigenvalue weighted by Gasteiger charge is -2.09. The number of rotatable bonds is 6. The summed E-state index contributed by atoms with van der Waals surface area (Å²) >= 11 is 7.24. The number of hydrogen-bond acceptors (Lipinski definition) is 3. The fraction of sp³-hybridized carbons (Fsp3) is 0.222. The summed E-state index contributed by atoms with van der Waals surface area (Å²) in [6, 6.07) is 12.9. The molecule has 0 fully saturated rings. The lowest BCUT2D eigenvalue weighted by atomic mass is 10.1. The van der Waals surface area contributed by atoms with E-state index in [1.54, 1.807) is 24.3 Å². The first-order valence-electron chi connectivity index (χ1n) is 7.45. The topological polar surface area (TPSA) is 58.2 Å². The summed E-state index contributed by atoms with van der Waals surface area (Å²) in [6.45, 7) is 3.92. The van der Waals surface area contributed by atoms with Crippen LogP contribution in [0.2, 0.25) is 5.02 Å². The molecular formula is C18H19ClN2O2S. The van der Waals surface area contributed by atoms with Gasteiger partial charge in [-0.25, -0.2) is 0 Å². The van der Waals surface area contributed by atoms with Crippen LogP contribution in [0.4, 0.5) is 11.4 Å². The molecule has 0 saturated heterocycles. The van der Waals surface area contributed by atoms with Gasteiger partial charge in [0.2, 0.25) is 11.8 Å². The van der Waals surface area contributed by atoms with E-state index >= 15 is 0 Å². The standard InChI is InChI=1S/C18H19ClN2O2S/c1-12-7-8-13(2)16(9-12)21-18(23)11-24-10-17(22)20-15-6-4-3-5-14(15)19/h3-9H,10-11H2,1-2H3,(H,20,22)(H,21,23). The predicted octanol–water partition coefficient (Wildman–Crippen LogP) is 4.27. The van der Waals surface area contributed by atoms with Gasteiger partial charge in [0.15, 0.2) is 0 Å². The molecule has 2 aromatic rings. The van der Waals surface area contributed by atoms with Gasteiger partial charge in [0.05, 0.1) is 22.2 Å². The van der Waals surface area contributed by atoms with Crippen molar-refractivity contribution < 1.29 is 9.59 Å². The van der Waals surface area contributed by atoms with Crippen molar-refractivity contribution >= 4 is 46.6 Å². The molecule has 126 valence electrons. The third-order valence-electron chi connectivity index (χ3n) is 3.28. The van der Waals surface area contributed by atoms with Gasteiger partial charge in [-0.05, 0) is 43.2 Å². The zero-order chi connectivity index (χ0) is 17.5. The van der Waals surface area contributed by atoms with E-state index in [-0.39, 0.29) is 23.3 Å². The largest absolute Gasteiger partial charge is 0.325 e. The molecule has 0 heterocycles. The SMILES string of the molecule is Cc1ccc(C)c(NC(=O)CSCC(=O)Nc2ccccc2Cl)c1. The first-order valence-corrected chi connectivity index (χ1v) is 8.98. The Morgan fingerprint density at radius 1 is 0.958 bits per heavy atom. The fourth-order valence-electron chi connectivity index (χ4n) is 2.04. The summed E-state index contributed by atoms with van der Waals surface area (Å²) < 4.78 is 0. The fourth-order valence-corrected chi connectivity index (χ4v) is 2.84. The molecule has 2 amide bonds. The van der Waals surface area contributed by atoms with Crippen molar-refractivity contribution in [2.24, 2.45) is 0 Å². The smallest absolute Gasteiger partial charge is 0.234 e. The molecule has 0 aromatic heterocycles. The molecule has 24 heavy (non-hydrogen) atoms. The molecule has 0 bridgehead atoms. The second kappa shape index (κ2) is 8.76. The molecule has 0 spiro atoms. The number of para-hydroxylation sites is 1. The molecule has 0 aliphatic rings. The summed E-state index contributed by atoms with van der Waals surface area (Å²) in [5, 5.41) is 6.09. The summed E-state index contributed by atoms with van der Waals surface area (Å²) in [7, 11) is 0. The van der Waals surface area contributed by atoms with Crippen LogP contribution >= 0.6 is 23.4 Å². The Hall–Kier alpha value is -1.98. The van der Waals surface area contributed by atoms with Crippen molar-refractivity contribution in [2.75, 3.05) is 22.1 Å². The second-order valence-electron chi connectivity index (χ2n) is 5.39. The predicted molar refractivity (Wildman–Crippen MR) is 102 cm³/mol. The van der Waals surface area contributed by atoms with Gasteiger partial charge < -0.3 is 10.6 Å². The van der Waals surface area contributed by atoms with Crippen molar-refractivity contribution in [3.63, 3.8) is 0 Å². The number of halogens is 1. The molecule has 0 aliphatic carbocycles. The molecule has 0 saturated carbocycles. The third kappa shape index (κ3) is 5.58. The summed E-state index contributed by atoms with van der Waals surface area (Å²) in [6.07, 6.45) is 0. The number of benzene rings is 2. The highest BCUT2D eigenvalue weighted by atomic mass is 35.5. The molecule has 0 unspecified atom stereocenters. The van der Waals surface area contributed by atoms with E-state index in [0.717, 1.165) is 16.8 Å². The Bertz CT molecular complexity index is 750. The van der Waals surface area contributed by atoms with Gasteiger partial charge in [0, 0.05) is 5.69 Å². The first kappa shape index (κ1) is 18.4. The van der Waals surface area contributed by atoms with Gasteiger partial charge in [0.25, 0.3) is 0 Å². The van der Waals surface area contributed by atoms with E-state index in [4.69, 9.17) is 11.6 Å². The highest BCUT2D eigenvalue weighted by Gasteiger charge is 2.09. The molecule has 0 radical (unpaired) electrons. The number of thioether (sulfide) groups is 1. The Labute approximate surface area is 151 Å². The van der Waals surface area contributed by atoms with Crippen molar-refractivity contribution in [2.45, 2.75) is 13.8 Å². The molecule has 2 N–H and O–H groups in total. The highest BCUT2D eigenvalue weighted by Crippen LogP contribution is 2.21. The maximum Gasteiger partial charge on any atom is 0.234 e. The molecule has 0 atom stereocenters. The molecule has 2 rings (SSSR count). The summed E-state index contributed by atoms with van der Waals surface area (Å²) in [5.41, 5.74) is 3.48. The van der Waals surface area contributed by atoms with Crippen LogP contribution in [0.25, 0.3) is 0 Å². The van der Waals surface area contributed by atoms with Crippen LogP contribution in [0.3, 0.4) is 0 Å². The molecule has 0 aliphatic heterocycles. The third-order valence-corrected chi connectivity index (χ3v) is 4.54. The normalized spacial score (nSPS) is 10.3. The number of carbonyl (C=O) groups is 2. The zero-order valence-corrected chi connectivity index (χ0v) is 15.1. The van der Waals surface area contributed by atoms with Crippen molar-refractivity contribution in [1.82, 2.24) is 0 Å². The minimum Gasteiger partial charge on any atom is -0.325 e. The van der Waals surface area contributed by atoms with Crippen LogP contribution in [0.5, 0.6) is 0 Å². The number of hydrogen-bond donors (Lipinski definition) is 2. The number of carbonyl (C=O) groups excluding carboxylic acids is 2. The quantitative estimate of drug-likeness (QED) is 0.806. The summed E-state index contributed by atoms with van der Waals surface area (Å²) in [4.78, 5) is 23.9. The lowest BCUT2D eigenvalue weighted by molar-refractivity contribution is -0.114. The van der Waals surface area contributed by atoms with Crippen LogP contribution in [0, 0.1) is 13.8 Å². The second-order valence-corrected chi connectivity index (χ2v) is 6.78. The molecule has 6 heteroatoms. The van der Waals surface area contributed by atoms with Crippen LogP contribution in [0.1, 0.15) is 11.1 Å². The van der Waals surface area contributed by atoms with E-state index in [9.17, 15) is 9.59 Å². The van der Waals surface area contributed by atoms with Gasteiger partial charge in [-0.3, -0.25) is 9.59 Å². The molecular weight excluding hydrogens is 344 g/mol. The first-order chi connectivity index (χ1) is 11.5. The van der Waals surface area contributed by atoms with E-state index < -0.39 is 0 Å². The van der Waals surface area contributed by atoms with Crippen LogP contribution in [0.15, 0.2) is 42.5 Å². The number of aryl methyl sites for hydroxylation is 2.